The van der Waals surface area contributed by atoms with Crippen LogP contribution in [0, 0.1) is 0 Å². The first-order valence-corrected chi connectivity index (χ1v) is 9.22. The fourth-order valence-electron chi connectivity index (χ4n) is 3.65. The first kappa shape index (κ1) is 18.2. The van der Waals surface area contributed by atoms with Gasteiger partial charge in [0, 0.05) is 24.8 Å². The minimum atomic E-state index is -0.189. The minimum absolute atomic E-state index is 0.138. The molecule has 1 fully saturated rings. The Morgan fingerprint density at radius 3 is 2.38 bits per heavy atom. The lowest BCUT2D eigenvalue weighted by atomic mass is 9.69. The monoisotopic (exact) mass is 351 g/mol. The minimum Gasteiger partial charge on any atom is -0.493 e. The summed E-state index contributed by atoms with van der Waals surface area (Å²) in [5.74, 6) is 0.769. The van der Waals surface area contributed by atoms with Crippen molar-refractivity contribution in [1.29, 1.82) is 0 Å². The highest BCUT2D eigenvalue weighted by Gasteiger charge is 2.36. The van der Waals surface area contributed by atoms with Crippen LogP contribution in [0.3, 0.4) is 0 Å². The maximum atomic E-state index is 12.8. The third kappa shape index (κ3) is 3.96. The van der Waals surface area contributed by atoms with E-state index in [1.165, 1.54) is 5.56 Å². The topological polar surface area (TPSA) is 55.4 Å². The number of hydrogen-bond acceptors (Lipinski definition) is 3. The first-order chi connectivity index (χ1) is 12.6. The second-order valence-corrected chi connectivity index (χ2v) is 6.80. The maximum absolute atomic E-state index is 12.8. The van der Waals surface area contributed by atoms with Crippen molar-refractivity contribution in [2.75, 3.05) is 13.2 Å². The summed E-state index contributed by atoms with van der Waals surface area (Å²) in [4.78, 5) is 24.5. The van der Waals surface area contributed by atoms with Crippen LogP contribution in [0.2, 0.25) is 0 Å². The van der Waals surface area contributed by atoms with Crippen molar-refractivity contribution < 1.29 is 14.3 Å². The number of carbonyl (C=O) groups is 2. The molecule has 0 bridgehead atoms. The molecule has 0 atom stereocenters. The number of para-hydroxylation sites is 1. The number of benzene rings is 2. The van der Waals surface area contributed by atoms with Gasteiger partial charge in [0.15, 0.2) is 0 Å². The summed E-state index contributed by atoms with van der Waals surface area (Å²) in [6, 6.07) is 17.5. The summed E-state index contributed by atoms with van der Waals surface area (Å²) in [6.07, 6.45) is 2.67. The van der Waals surface area contributed by atoms with Gasteiger partial charge in [-0.2, -0.15) is 0 Å². The molecule has 2 aromatic rings. The van der Waals surface area contributed by atoms with Crippen molar-refractivity contribution >= 4 is 11.7 Å². The molecule has 4 nitrogen and oxygen atoms in total. The first-order valence-electron chi connectivity index (χ1n) is 9.22. The molecular formula is C22H25NO3. The third-order valence-corrected chi connectivity index (χ3v) is 5.17. The van der Waals surface area contributed by atoms with Gasteiger partial charge in [-0.05, 0) is 37.5 Å². The zero-order chi connectivity index (χ0) is 18.4. The number of rotatable bonds is 6. The molecule has 0 spiro atoms. The predicted octanol–water partition coefficient (Wildman–Crippen LogP) is 3.90. The van der Waals surface area contributed by atoms with E-state index in [0.717, 1.165) is 12.8 Å². The average molecular weight is 351 g/mol. The van der Waals surface area contributed by atoms with Gasteiger partial charge in [0.1, 0.15) is 11.5 Å². The van der Waals surface area contributed by atoms with E-state index in [-0.39, 0.29) is 11.3 Å². The molecule has 3 rings (SSSR count). The van der Waals surface area contributed by atoms with E-state index in [1.54, 1.807) is 6.07 Å². The highest BCUT2D eigenvalue weighted by atomic mass is 16.5. The number of nitrogens with one attached hydrogen (secondary N) is 1. The highest BCUT2D eigenvalue weighted by Crippen LogP contribution is 2.38. The number of ketones is 1. The summed E-state index contributed by atoms with van der Waals surface area (Å²) in [5, 5.41) is 3.09. The Kier molecular flexibility index (Phi) is 5.71. The van der Waals surface area contributed by atoms with Crippen molar-refractivity contribution in [3.05, 3.63) is 65.7 Å². The molecule has 136 valence electrons. The van der Waals surface area contributed by atoms with Gasteiger partial charge >= 0.3 is 0 Å². The van der Waals surface area contributed by atoms with Crippen LogP contribution < -0.4 is 10.1 Å². The van der Waals surface area contributed by atoms with Gasteiger partial charge in [-0.3, -0.25) is 9.59 Å². The van der Waals surface area contributed by atoms with Crippen molar-refractivity contribution in [1.82, 2.24) is 5.32 Å². The summed E-state index contributed by atoms with van der Waals surface area (Å²) < 4.78 is 5.57. The molecule has 0 aliphatic heterocycles. The predicted molar refractivity (Wildman–Crippen MR) is 102 cm³/mol. The number of amides is 1. The zero-order valence-electron chi connectivity index (χ0n) is 15.2. The number of ether oxygens (including phenoxy) is 1. The van der Waals surface area contributed by atoms with Gasteiger partial charge in [0.2, 0.25) is 0 Å². The molecule has 1 saturated carbocycles. The molecule has 0 aromatic heterocycles. The molecule has 0 radical (unpaired) electrons. The molecule has 1 aliphatic rings. The Hall–Kier alpha value is -2.62. The molecule has 0 unspecified atom stereocenters. The molecule has 0 heterocycles. The molecule has 0 saturated heterocycles. The second kappa shape index (κ2) is 8.17. The van der Waals surface area contributed by atoms with Gasteiger partial charge in [-0.25, -0.2) is 0 Å². The zero-order valence-corrected chi connectivity index (χ0v) is 15.2. The molecule has 1 aliphatic carbocycles. The van der Waals surface area contributed by atoms with Gasteiger partial charge in [-0.1, -0.05) is 42.5 Å². The SMILES string of the molecule is CCOc1ccccc1C(=O)NCC1(c2ccccc2)CCC(=O)CC1. The summed E-state index contributed by atoms with van der Waals surface area (Å²) in [5.41, 5.74) is 1.54. The van der Waals surface area contributed by atoms with E-state index in [1.807, 2.05) is 43.3 Å². The van der Waals surface area contributed by atoms with Gasteiger partial charge in [-0.15, -0.1) is 0 Å². The Labute approximate surface area is 154 Å². The van der Waals surface area contributed by atoms with Crippen LogP contribution in [0.5, 0.6) is 5.75 Å². The standard InChI is InChI=1S/C22H25NO3/c1-2-26-20-11-7-6-10-19(20)21(25)23-16-22(14-12-18(24)13-15-22)17-8-4-3-5-9-17/h3-11H,2,12-16H2,1H3,(H,23,25). The van der Waals surface area contributed by atoms with Gasteiger partial charge in [0.25, 0.3) is 5.91 Å². The summed E-state index contributed by atoms with van der Waals surface area (Å²) in [7, 11) is 0. The Morgan fingerprint density at radius 2 is 1.69 bits per heavy atom. The van der Waals surface area contributed by atoms with Crippen LogP contribution in [-0.2, 0) is 10.2 Å². The largest absolute Gasteiger partial charge is 0.493 e. The van der Waals surface area contributed by atoms with Gasteiger partial charge in [0.05, 0.1) is 12.2 Å². The lowest BCUT2D eigenvalue weighted by Gasteiger charge is -2.37. The van der Waals surface area contributed by atoms with E-state index in [4.69, 9.17) is 4.74 Å². The second-order valence-electron chi connectivity index (χ2n) is 6.80. The quantitative estimate of drug-likeness (QED) is 0.859. The molecule has 1 N–H and O–H groups in total. The average Bonchev–Trinajstić information content (AvgIpc) is 2.69. The lowest BCUT2D eigenvalue weighted by Crippen LogP contribution is -2.43. The molecule has 1 amide bonds. The molecule has 26 heavy (non-hydrogen) atoms. The third-order valence-electron chi connectivity index (χ3n) is 5.17. The fourth-order valence-corrected chi connectivity index (χ4v) is 3.65. The summed E-state index contributed by atoms with van der Waals surface area (Å²) in [6.45, 7) is 2.93. The number of carbonyl (C=O) groups excluding carboxylic acids is 2. The van der Waals surface area contributed by atoms with Crippen molar-refractivity contribution in [2.45, 2.75) is 38.0 Å². The van der Waals surface area contributed by atoms with Crippen LogP contribution in [0.15, 0.2) is 54.6 Å². The van der Waals surface area contributed by atoms with Crippen LogP contribution in [-0.4, -0.2) is 24.8 Å². The smallest absolute Gasteiger partial charge is 0.255 e. The van der Waals surface area contributed by atoms with E-state index in [9.17, 15) is 9.59 Å². The van der Waals surface area contributed by atoms with Crippen molar-refractivity contribution in [3.63, 3.8) is 0 Å². The van der Waals surface area contributed by atoms with E-state index in [2.05, 4.69) is 17.4 Å². The number of Topliss-reactive ketones (excluding diaryl/α,β-unsaturated/α-hetero) is 1. The van der Waals surface area contributed by atoms with Crippen molar-refractivity contribution in [3.8, 4) is 5.75 Å². The molecule has 2 aromatic carbocycles. The van der Waals surface area contributed by atoms with Crippen molar-refractivity contribution in [2.24, 2.45) is 0 Å². The lowest BCUT2D eigenvalue weighted by molar-refractivity contribution is -0.121. The van der Waals surface area contributed by atoms with Crippen LogP contribution in [0.4, 0.5) is 0 Å². The van der Waals surface area contributed by atoms with Crippen LogP contribution in [0.1, 0.15) is 48.5 Å². The van der Waals surface area contributed by atoms with Crippen LogP contribution >= 0.6 is 0 Å². The Balaban J connectivity index is 1.78. The molecule has 4 heteroatoms. The molecular weight excluding hydrogens is 326 g/mol. The van der Waals surface area contributed by atoms with Crippen LogP contribution in [0.25, 0.3) is 0 Å². The summed E-state index contributed by atoms with van der Waals surface area (Å²) >= 11 is 0. The van der Waals surface area contributed by atoms with E-state index in [0.29, 0.717) is 43.1 Å². The Morgan fingerprint density at radius 1 is 1.04 bits per heavy atom. The Bertz CT molecular complexity index is 760. The van der Waals surface area contributed by atoms with E-state index >= 15 is 0 Å². The highest BCUT2D eigenvalue weighted by molar-refractivity contribution is 5.97. The normalized spacial score (nSPS) is 16.1. The fraction of sp³-hybridized carbons (Fsp3) is 0.364. The maximum Gasteiger partial charge on any atom is 0.255 e. The van der Waals surface area contributed by atoms with Gasteiger partial charge < -0.3 is 10.1 Å². The van der Waals surface area contributed by atoms with E-state index < -0.39 is 0 Å². The number of hydrogen-bond donors (Lipinski definition) is 1.